The van der Waals surface area contributed by atoms with E-state index in [0.29, 0.717) is 0 Å². The Kier molecular flexibility index (Phi) is 5.06. The Morgan fingerprint density at radius 3 is 2.44 bits per heavy atom. The van der Waals surface area contributed by atoms with Crippen LogP contribution in [0.4, 0.5) is 5.69 Å². The van der Waals surface area contributed by atoms with E-state index >= 15 is 0 Å². The summed E-state index contributed by atoms with van der Waals surface area (Å²) in [5.74, 6) is 0.999. The van der Waals surface area contributed by atoms with Crippen LogP contribution in [-0.4, -0.2) is 25.5 Å². The van der Waals surface area contributed by atoms with E-state index in [1.807, 2.05) is 7.05 Å². The first-order valence-electron chi connectivity index (χ1n) is 7.23. The number of rotatable bonds is 6. The Bertz CT molecular complexity index is 339. The maximum Gasteiger partial charge on any atom is 0.0337 e. The van der Waals surface area contributed by atoms with Crippen LogP contribution in [0.25, 0.3) is 0 Å². The lowest BCUT2D eigenvalue weighted by Crippen LogP contribution is -2.20. The molecule has 0 amide bonds. The summed E-state index contributed by atoms with van der Waals surface area (Å²) >= 11 is 0. The molecule has 1 fully saturated rings. The molecule has 2 heteroatoms. The van der Waals surface area contributed by atoms with Gasteiger partial charge in [-0.25, -0.2) is 0 Å². The molecular weight excluding hydrogens is 220 g/mol. The molecule has 1 saturated carbocycles. The van der Waals surface area contributed by atoms with Gasteiger partial charge in [-0.1, -0.05) is 37.8 Å². The second kappa shape index (κ2) is 6.79. The standard InChI is InChI=1S/C16H26N2/c1-17-16-9-7-15(8-10-16)13-18(2)12-11-14-5-3-4-6-14/h7-10,14,17H,3-6,11-13H2,1-2H3. The third-order valence-electron chi connectivity index (χ3n) is 4.09. The number of hydrogen-bond donors (Lipinski definition) is 1. The molecule has 0 aromatic heterocycles. The molecule has 1 N–H and O–H groups in total. The van der Waals surface area contributed by atoms with Crippen molar-refractivity contribution in [2.75, 3.05) is 26.0 Å². The largest absolute Gasteiger partial charge is 0.388 e. The minimum atomic E-state index is 0.999. The fourth-order valence-corrected chi connectivity index (χ4v) is 2.87. The monoisotopic (exact) mass is 246 g/mol. The van der Waals surface area contributed by atoms with Gasteiger partial charge >= 0.3 is 0 Å². The smallest absolute Gasteiger partial charge is 0.0337 e. The quantitative estimate of drug-likeness (QED) is 0.822. The topological polar surface area (TPSA) is 15.3 Å². The van der Waals surface area contributed by atoms with Gasteiger partial charge in [-0.3, -0.25) is 0 Å². The minimum Gasteiger partial charge on any atom is -0.388 e. The lowest BCUT2D eigenvalue weighted by molar-refractivity contribution is 0.294. The highest BCUT2D eigenvalue weighted by Crippen LogP contribution is 2.27. The van der Waals surface area contributed by atoms with E-state index in [1.54, 1.807) is 0 Å². The summed E-state index contributed by atoms with van der Waals surface area (Å²) in [7, 11) is 4.20. The Labute approximate surface area is 111 Å². The summed E-state index contributed by atoms with van der Waals surface area (Å²) in [5, 5.41) is 3.16. The van der Waals surface area contributed by atoms with Crippen LogP contribution in [0.3, 0.4) is 0 Å². The van der Waals surface area contributed by atoms with Crippen molar-refractivity contribution in [1.82, 2.24) is 4.90 Å². The molecule has 2 rings (SSSR count). The number of nitrogens with zero attached hydrogens (tertiary/aromatic N) is 1. The summed E-state index contributed by atoms with van der Waals surface area (Å²) in [5.41, 5.74) is 2.59. The lowest BCUT2D eigenvalue weighted by atomic mass is 10.0. The van der Waals surface area contributed by atoms with Crippen LogP contribution in [0.1, 0.15) is 37.7 Å². The van der Waals surface area contributed by atoms with Crippen molar-refractivity contribution in [2.45, 2.75) is 38.6 Å². The molecule has 0 unspecified atom stereocenters. The predicted octanol–water partition coefficient (Wildman–Crippen LogP) is 3.74. The average Bonchev–Trinajstić information content (AvgIpc) is 2.90. The predicted molar refractivity (Wildman–Crippen MR) is 78.9 cm³/mol. The van der Waals surface area contributed by atoms with Gasteiger partial charge in [0.2, 0.25) is 0 Å². The first kappa shape index (κ1) is 13.4. The highest BCUT2D eigenvalue weighted by atomic mass is 15.1. The van der Waals surface area contributed by atoms with E-state index in [0.717, 1.165) is 12.5 Å². The van der Waals surface area contributed by atoms with Crippen LogP contribution < -0.4 is 5.32 Å². The molecule has 0 spiro atoms. The molecule has 0 heterocycles. The van der Waals surface area contributed by atoms with Crippen molar-refractivity contribution < 1.29 is 0 Å². The van der Waals surface area contributed by atoms with Gasteiger partial charge in [-0.15, -0.1) is 0 Å². The van der Waals surface area contributed by atoms with Crippen LogP contribution in [0.5, 0.6) is 0 Å². The number of benzene rings is 1. The van der Waals surface area contributed by atoms with Gasteiger partial charge in [-0.2, -0.15) is 0 Å². The molecule has 0 bridgehead atoms. The zero-order valence-electron chi connectivity index (χ0n) is 11.8. The Morgan fingerprint density at radius 2 is 1.83 bits per heavy atom. The molecule has 0 saturated heterocycles. The van der Waals surface area contributed by atoms with Crippen molar-refractivity contribution in [2.24, 2.45) is 5.92 Å². The summed E-state index contributed by atoms with van der Waals surface area (Å²) in [6, 6.07) is 8.75. The zero-order chi connectivity index (χ0) is 12.8. The second-order valence-corrected chi connectivity index (χ2v) is 5.62. The molecule has 100 valence electrons. The molecular formula is C16H26N2. The van der Waals surface area contributed by atoms with E-state index in [2.05, 4.69) is 41.5 Å². The molecule has 1 aliphatic rings. The first-order valence-corrected chi connectivity index (χ1v) is 7.23. The molecule has 0 radical (unpaired) electrons. The van der Waals surface area contributed by atoms with E-state index in [1.165, 1.54) is 49.9 Å². The highest BCUT2D eigenvalue weighted by Gasteiger charge is 2.15. The molecule has 1 aliphatic carbocycles. The second-order valence-electron chi connectivity index (χ2n) is 5.62. The molecule has 18 heavy (non-hydrogen) atoms. The minimum absolute atomic E-state index is 0.999. The van der Waals surface area contributed by atoms with Crippen molar-refractivity contribution in [1.29, 1.82) is 0 Å². The summed E-state index contributed by atoms with van der Waals surface area (Å²) in [4.78, 5) is 2.45. The highest BCUT2D eigenvalue weighted by molar-refractivity contribution is 5.43. The van der Waals surface area contributed by atoms with Gasteiger partial charge in [-0.05, 0) is 43.6 Å². The molecule has 2 nitrogen and oxygen atoms in total. The molecule has 0 atom stereocenters. The van der Waals surface area contributed by atoms with Crippen molar-refractivity contribution in [3.8, 4) is 0 Å². The van der Waals surface area contributed by atoms with E-state index in [9.17, 15) is 0 Å². The van der Waals surface area contributed by atoms with Crippen molar-refractivity contribution in [3.63, 3.8) is 0 Å². The van der Waals surface area contributed by atoms with Crippen LogP contribution in [0, 0.1) is 5.92 Å². The van der Waals surface area contributed by atoms with Crippen LogP contribution in [0.2, 0.25) is 0 Å². The van der Waals surface area contributed by atoms with Gasteiger partial charge in [0.05, 0.1) is 0 Å². The fraction of sp³-hybridized carbons (Fsp3) is 0.625. The summed E-state index contributed by atoms with van der Waals surface area (Å²) in [6.45, 7) is 2.30. The Balaban J connectivity index is 1.73. The average molecular weight is 246 g/mol. The summed E-state index contributed by atoms with van der Waals surface area (Å²) < 4.78 is 0. The number of nitrogens with one attached hydrogen (secondary N) is 1. The first-order chi connectivity index (χ1) is 8.78. The van der Waals surface area contributed by atoms with Gasteiger partial charge < -0.3 is 10.2 Å². The number of anilines is 1. The maximum atomic E-state index is 3.16. The third-order valence-corrected chi connectivity index (χ3v) is 4.09. The zero-order valence-corrected chi connectivity index (χ0v) is 11.8. The maximum absolute atomic E-state index is 3.16. The van der Waals surface area contributed by atoms with E-state index in [4.69, 9.17) is 0 Å². The van der Waals surface area contributed by atoms with Crippen LogP contribution in [0.15, 0.2) is 24.3 Å². The third kappa shape index (κ3) is 4.02. The van der Waals surface area contributed by atoms with Crippen LogP contribution >= 0.6 is 0 Å². The lowest BCUT2D eigenvalue weighted by Gasteiger charge is -2.19. The van der Waals surface area contributed by atoms with E-state index in [-0.39, 0.29) is 0 Å². The van der Waals surface area contributed by atoms with Gasteiger partial charge in [0.1, 0.15) is 0 Å². The Morgan fingerprint density at radius 1 is 1.17 bits per heavy atom. The molecule has 1 aromatic carbocycles. The summed E-state index contributed by atoms with van der Waals surface area (Å²) in [6.07, 6.45) is 7.22. The molecule has 0 aliphatic heterocycles. The van der Waals surface area contributed by atoms with E-state index < -0.39 is 0 Å². The van der Waals surface area contributed by atoms with Crippen molar-refractivity contribution in [3.05, 3.63) is 29.8 Å². The van der Waals surface area contributed by atoms with Gasteiger partial charge in [0.15, 0.2) is 0 Å². The van der Waals surface area contributed by atoms with Crippen molar-refractivity contribution >= 4 is 5.69 Å². The fourth-order valence-electron chi connectivity index (χ4n) is 2.87. The van der Waals surface area contributed by atoms with Gasteiger partial charge in [0, 0.05) is 19.3 Å². The van der Waals surface area contributed by atoms with Gasteiger partial charge in [0.25, 0.3) is 0 Å². The number of hydrogen-bond acceptors (Lipinski definition) is 2. The Hall–Kier alpha value is -1.02. The molecule has 1 aromatic rings. The SMILES string of the molecule is CNc1ccc(CN(C)CCC2CCCC2)cc1. The van der Waals surface area contributed by atoms with Crippen LogP contribution in [-0.2, 0) is 6.54 Å². The normalized spacial score (nSPS) is 16.4.